The molecule has 0 radical (unpaired) electrons. The maximum absolute atomic E-state index is 11.7. The highest BCUT2D eigenvalue weighted by Crippen LogP contribution is 2.60. The van der Waals surface area contributed by atoms with Crippen molar-refractivity contribution in [2.75, 3.05) is 6.61 Å². The minimum atomic E-state index is -0.137. The van der Waals surface area contributed by atoms with Crippen LogP contribution in [-0.4, -0.2) is 23.8 Å². The molecule has 3 heteroatoms. The van der Waals surface area contributed by atoms with Crippen LogP contribution in [0.1, 0.15) is 53.4 Å². The molecular weight excluding hydrogens is 300 g/mol. The molecule has 1 aliphatic heterocycles. The molecule has 2 fully saturated rings. The fourth-order valence-corrected chi connectivity index (χ4v) is 5.34. The van der Waals surface area contributed by atoms with Crippen molar-refractivity contribution < 1.29 is 14.6 Å². The number of rotatable bonds is 5. The van der Waals surface area contributed by atoms with Gasteiger partial charge in [0, 0.05) is 12.7 Å². The summed E-state index contributed by atoms with van der Waals surface area (Å²) in [6.07, 6.45) is 11.0. The first-order chi connectivity index (χ1) is 11.4. The van der Waals surface area contributed by atoms with E-state index in [2.05, 4.69) is 39.8 Å². The third-order valence-electron chi connectivity index (χ3n) is 7.21. The second kappa shape index (κ2) is 6.67. The van der Waals surface area contributed by atoms with E-state index in [0.29, 0.717) is 29.6 Å². The lowest BCUT2D eigenvalue weighted by Crippen LogP contribution is -2.39. The Morgan fingerprint density at radius 3 is 2.75 bits per heavy atom. The number of ether oxygens (including phenoxy) is 1. The van der Waals surface area contributed by atoms with Gasteiger partial charge in [0.1, 0.15) is 6.10 Å². The molecule has 3 rings (SSSR count). The molecule has 1 N–H and O–H groups in total. The summed E-state index contributed by atoms with van der Waals surface area (Å²) >= 11 is 0. The van der Waals surface area contributed by atoms with Gasteiger partial charge in [-0.2, -0.15) is 0 Å². The number of fused-ring (bicyclic) bond motifs is 3. The van der Waals surface area contributed by atoms with E-state index >= 15 is 0 Å². The zero-order valence-corrected chi connectivity index (χ0v) is 15.5. The SMILES string of the molecule is CC(CO)[C@@H](C)/C=C/[C@@H](C)[C@H]1CC[C@H]2C3=CC(=O)O[C@H]3CC[C@]12C. The van der Waals surface area contributed by atoms with E-state index in [9.17, 15) is 9.90 Å². The van der Waals surface area contributed by atoms with Crippen molar-refractivity contribution in [1.82, 2.24) is 0 Å². The molecule has 7 atom stereocenters. The molecule has 134 valence electrons. The molecule has 3 nitrogen and oxygen atoms in total. The Morgan fingerprint density at radius 2 is 2.04 bits per heavy atom. The number of allylic oxidation sites excluding steroid dienone is 2. The Hall–Kier alpha value is -1.09. The van der Waals surface area contributed by atoms with Crippen molar-refractivity contribution in [3.8, 4) is 0 Å². The van der Waals surface area contributed by atoms with Gasteiger partial charge >= 0.3 is 5.97 Å². The lowest BCUT2D eigenvalue weighted by Gasteiger charge is -2.44. The molecule has 0 bridgehead atoms. The average Bonchev–Trinajstić information content (AvgIpc) is 3.10. The Morgan fingerprint density at radius 1 is 1.29 bits per heavy atom. The summed E-state index contributed by atoms with van der Waals surface area (Å²) in [6, 6.07) is 0. The number of aliphatic hydroxyl groups excluding tert-OH is 1. The van der Waals surface area contributed by atoms with Gasteiger partial charge in [0.05, 0.1) is 0 Å². The third-order valence-corrected chi connectivity index (χ3v) is 7.21. The summed E-state index contributed by atoms with van der Waals surface area (Å²) in [7, 11) is 0. The number of hydrogen-bond acceptors (Lipinski definition) is 3. The fraction of sp³-hybridized carbons (Fsp3) is 0.762. The van der Waals surface area contributed by atoms with Crippen molar-refractivity contribution in [1.29, 1.82) is 0 Å². The van der Waals surface area contributed by atoms with E-state index in [4.69, 9.17) is 4.74 Å². The second-order valence-corrected chi connectivity index (χ2v) is 8.61. The Bertz CT molecular complexity index is 549. The summed E-state index contributed by atoms with van der Waals surface area (Å²) in [5.41, 5.74) is 1.56. The number of aliphatic hydroxyl groups is 1. The summed E-state index contributed by atoms with van der Waals surface area (Å²) in [5, 5.41) is 9.31. The number of carbonyl (C=O) groups is 1. The minimum Gasteiger partial charge on any atom is -0.455 e. The third kappa shape index (κ3) is 2.96. The van der Waals surface area contributed by atoms with E-state index in [1.54, 1.807) is 6.08 Å². The molecule has 3 aliphatic rings. The molecule has 2 saturated carbocycles. The summed E-state index contributed by atoms with van der Waals surface area (Å²) in [6.45, 7) is 9.28. The van der Waals surface area contributed by atoms with E-state index in [0.717, 1.165) is 12.8 Å². The molecule has 0 aromatic rings. The minimum absolute atomic E-state index is 0.0607. The van der Waals surface area contributed by atoms with Crippen LogP contribution in [0, 0.1) is 35.0 Å². The number of carbonyl (C=O) groups excluding carboxylic acids is 1. The van der Waals surface area contributed by atoms with E-state index in [-0.39, 0.29) is 24.1 Å². The monoisotopic (exact) mass is 332 g/mol. The Kier molecular flexibility index (Phi) is 4.92. The molecule has 24 heavy (non-hydrogen) atoms. The van der Waals surface area contributed by atoms with Gasteiger partial charge in [-0.25, -0.2) is 4.79 Å². The average molecular weight is 332 g/mol. The molecule has 1 heterocycles. The van der Waals surface area contributed by atoms with Gasteiger partial charge in [-0.1, -0.05) is 39.8 Å². The van der Waals surface area contributed by atoms with Crippen LogP contribution in [0.2, 0.25) is 0 Å². The van der Waals surface area contributed by atoms with Crippen molar-refractivity contribution in [2.24, 2.45) is 35.0 Å². The molecule has 0 aromatic heterocycles. The van der Waals surface area contributed by atoms with Gasteiger partial charge < -0.3 is 9.84 Å². The zero-order chi connectivity index (χ0) is 17.5. The molecule has 0 spiro atoms. The second-order valence-electron chi connectivity index (χ2n) is 8.61. The molecule has 0 amide bonds. The molecular formula is C21H32O3. The quantitative estimate of drug-likeness (QED) is 0.608. The van der Waals surface area contributed by atoms with Crippen LogP contribution in [0.25, 0.3) is 0 Å². The predicted molar refractivity (Wildman–Crippen MR) is 95.2 cm³/mol. The first-order valence-corrected chi connectivity index (χ1v) is 9.58. The van der Waals surface area contributed by atoms with E-state index in [1.165, 1.54) is 18.4 Å². The van der Waals surface area contributed by atoms with Crippen LogP contribution < -0.4 is 0 Å². The molecule has 2 aliphatic carbocycles. The highest BCUT2D eigenvalue weighted by atomic mass is 16.5. The molecule has 0 saturated heterocycles. The van der Waals surface area contributed by atoms with Crippen molar-refractivity contribution >= 4 is 5.97 Å². The largest absolute Gasteiger partial charge is 0.455 e. The first kappa shape index (κ1) is 17.7. The van der Waals surface area contributed by atoms with Crippen LogP contribution in [0.4, 0.5) is 0 Å². The van der Waals surface area contributed by atoms with Gasteiger partial charge in [0.15, 0.2) is 0 Å². The summed E-state index contributed by atoms with van der Waals surface area (Å²) < 4.78 is 5.46. The van der Waals surface area contributed by atoms with Gasteiger partial charge in [0.2, 0.25) is 0 Å². The summed E-state index contributed by atoms with van der Waals surface area (Å²) in [5.74, 6) is 2.28. The van der Waals surface area contributed by atoms with Crippen molar-refractivity contribution in [3.05, 3.63) is 23.8 Å². The van der Waals surface area contributed by atoms with Crippen LogP contribution in [-0.2, 0) is 9.53 Å². The van der Waals surface area contributed by atoms with Gasteiger partial charge in [-0.05, 0) is 66.3 Å². The normalized spacial score (nSPS) is 39.1. The highest BCUT2D eigenvalue weighted by molar-refractivity contribution is 5.86. The van der Waals surface area contributed by atoms with Crippen LogP contribution in [0.3, 0.4) is 0 Å². The van der Waals surface area contributed by atoms with Gasteiger partial charge in [-0.15, -0.1) is 0 Å². The van der Waals surface area contributed by atoms with E-state index in [1.807, 2.05) is 0 Å². The van der Waals surface area contributed by atoms with E-state index < -0.39 is 0 Å². The van der Waals surface area contributed by atoms with Crippen LogP contribution in [0.5, 0.6) is 0 Å². The van der Waals surface area contributed by atoms with Crippen molar-refractivity contribution in [3.63, 3.8) is 0 Å². The van der Waals surface area contributed by atoms with Gasteiger partial charge in [-0.3, -0.25) is 0 Å². The fourth-order valence-electron chi connectivity index (χ4n) is 5.34. The highest BCUT2D eigenvalue weighted by Gasteiger charge is 2.54. The molecule has 0 aromatic carbocycles. The molecule has 1 unspecified atom stereocenters. The van der Waals surface area contributed by atoms with Gasteiger partial charge in [0.25, 0.3) is 0 Å². The first-order valence-electron chi connectivity index (χ1n) is 9.58. The lowest BCUT2D eigenvalue weighted by atomic mass is 9.60. The zero-order valence-electron chi connectivity index (χ0n) is 15.5. The smallest absolute Gasteiger partial charge is 0.331 e. The van der Waals surface area contributed by atoms with Crippen LogP contribution >= 0.6 is 0 Å². The number of esters is 1. The maximum atomic E-state index is 11.7. The predicted octanol–water partition coefficient (Wildman–Crippen LogP) is 4.12. The summed E-state index contributed by atoms with van der Waals surface area (Å²) in [4.78, 5) is 11.7. The van der Waals surface area contributed by atoms with Crippen LogP contribution in [0.15, 0.2) is 23.8 Å². The maximum Gasteiger partial charge on any atom is 0.331 e. The topological polar surface area (TPSA) is 46.5 Å². The lowest BCUT2D eigenvalue weighted by molar-refractivity contribution is -0.140. The Labute approximate surface area is 146 Å². The number of hydrogen-bond donors (Lipinski definition) is 1. The Balaban J connectivity index is 1.73. The van der Waals surface area contributed by atoms with Crippen molar-refractivity contribution in [2.45, 2.75) is 59.5 Å². The standard InChI is InChI=1S/C21H32O3/c1-13(15(3)12-22)5-6-14(2)17-7-8-18-16-11-20(23)24-19(16)9-10-21(17,18)4/h5-6,11,13-15,17-19,22H,7-10,12H2,1-4H3/b6-5+/t13-,14+,15?,17+,18-,19-,21+/m0/s1.